The molecule has 0 saturated carbocycles. The van der Waals surface area contributed by atoms with Crippen molar-refractivity contribution in [3.05, 3.63) is 90.0 Å². The van der Waals surface area contributed by atoms with Crippen molar-refractivity contribution in [1.82, 2.24) is 0 Å². The monoisotopic (exact) mass is 420 g/mol. The lowest BCUT2D eigenvalue weighted by molar-refractivity contribution is 0.340. The van der Waals surface area contributed by atoms with Gasteiger partial charge in [-0.3, -0.25) is 0 Å². The van der Waals surface area contributed by atoms with Crippen molar-refractivity contribution < 1.29 is 13.2 Å². The highest BCUT2D eigenvalue weighted by atomic mass is 32.2. The fourth-order valence-electron chi connectivity index (χ4n) is 3.75. The van der Waals surface area contributed by atoms with E-state index in [4.69, 9.17) is 4.74 Å². The van der Waals surface area contributed by atoms with Gasteiger partial charge in [0.2, 0.25) is 0 Å². The summed E-state index contributed by atoms with van der Waals surface area (Å²) in [5, 5.41) is 0. The van der Waals surface area contributed by atoms with Gasteiger partial charge in [0.05, 0.1) is 11.5 Å². The Labute approximate surface area is 177 Å². The molecule has 4 rings (SSSR count). The van der Waals surface area contributed by atoms with Gasteiger partial charge in [-0.05, 0) is 56.2 Å². The molecule has 0 aliphatic carbocycles. The molecule has 1 aliphatic rings. The van der Waals surface area contributed by atoms with Gasteiger partial charge in [-0.1, -0.05) is 48.5 Å². The van der Waals surface area contributed by atoms with Crippen LogP contribution in [0.2, 0.25) is 0 Å². The van der Waals surface area contributed by atoms with Crippen molar-refractivity contribution in [2.45, 2.75) is 31.2 Å². The van der Waals surface area contributed by atoms with Gasteiger partial charge < -0.3 is 9.64 Å². The Hall–Kier alpha value is -3.12. The molecule has 3 aromatic rings. The van der Waals surface area contributed by atoms with Crippen LogP contribution in [0.4, 0.5) is 5.69 Å². The summed E-state index contributed by atoms with van der Waals surface area (Å²) in [7, 11) is -3.91. The summed E-state index contributed by atoms with van der Waals surface area (Å²) >= 11 is 0. The number of rotatable bonds is 5. The number of benzene rings is 3. The van der Waals surface area contributed by atoms with Crippen LogP contribution in [-0.4, -0.2) is 26.9 Å². The highest BCUT2D eigenvalue weighted by molar-refractivity contribution is 7.90. The molecule has 0 fully saturated rings. The summed E-state index contributed by atoms with van der Waals surface area (Å²) < 4.78 is 36.2. The first-order chi connectivity index (χ1) is 14.5. The van der Waals surface area contributed by atoms with Crippen molar-refractivity contribution in [2.24, 2.45) is 4.40 Å². The Morgan fingerprint density at radius 3 is 2.37 bits per heavy atom. The van der Waals surface area contributed by atoms with Gasteiger partial charge in [0.15, 0.2) is 5.84 Å². The summed E-state index contributed by atoms with van der Waals surface area (Å²) in [4.78, 5) is 2.16. The van der Waals surface area contributed by atoms with Crippen LogP contribution in [0.25, 0.3) is 0 Å². The lowest BCUT2D eigenvalue weighted by Gasteiger charge is -2.26. The Morgan fingerprint density at radius 1 is 1.00 bits per heavy atom. The molecule has 0 bridgehead atoms. The number of ether oxygens (including phenoxy) is 1. The molecular formula is C24H24N2O3S. The molecule has 1 atom stereocenters. The largest absolute Gasteiger partial charge is 0.494 e. The number of hydrogen-bond acceptors (Lipinski definition) is 3. The minimum Gasteiger partial charge on any atom is -0.494 e. The molecule has 0 saturated heterocycles. The lowest BCUT2D eigenvalue weighted by Crippen LogP contribution is -2.37. The van der Waals surface area contributed by atoms with E-state index in [2.05, 4.69) is 17.4 Å². The minimum absolute atomic E-state index is 0.0943. The normalized spacial score (nSPS) is 16.4. The van der Waals surface area contributed by atoms with Crippen molar-refractivity contribution in [3.8, 4) is 5.75 Å². The average Bonchev–Trinajstić information content (AvgIpc) is 3.09. The average molecular weight is 421 g/mol. The van der Waals surface area contributed by atoms with Crippen LogP contribution in [0.1, 0.15) is 25.0 Å². The third kappa shape index (κ3) is 3.96. The van der Waals surface area contributed by atoms with E-state index in [1.165, 1.54) is 17.7 Å². The Bertz CT molecular complexity index is 1160. The Balaban J connectivity index is 1.82. The summed E-state index contributed by atoms with van der Waals surface area (Å²) in [6.07, 6.45) is 0.838. The fourth-order valence-corrected chi connectivity index (χ4v) is 4.76. The van der Waals surface area contributed by atoms with Crippen LogP contribution in [0.5, 0.6) is 5.75 Å². The zero-order chi connectivity index (χ0) is 21.1. The van der Waals surface area contributed by atoms with E-state index in [-0.39, 0.29) is 10.9 Å². The van der Waals surface area contributed by atoms with Crippen molar-refractivity contribution in [2.75, 3.05) is 11.5 Å². The van der Waals surface area contributed by atoms with Gasteiger partial charge in [0.1, 0.15) is 5.75 Å². The second-order valence-electron chi connectivity index (χ2n) is 7.21. The zero-order valence-corrected chi connectivity index (χ0v) is 17.8. The van der Waals surface area contributed by atoms with E-state index < -0.39 is 10.0 Å². The molecule has 0 spiro atoms. The van der Waals surface area contributed by atoms with Gasteiger partial charge in [0, 0.05) is 17.3 Å². The number of fused-ring (bicyclic) bond motifs is 1. The summed E-state index contributed by atoms with van der Waals surface area (Å²) in [5.74, 6) is 1.06. The van der Waals surface area contributed by atoms with Crippen molar-refractivity contribution in [1.29, 1.82) is 0 Å². The first-order valence-electron chi connectivity index (χ1n) is 10.00. The molecule has 6 heteroatoms. The molecule has 0 amide bonds. The minimum atomic E-state index is -3.91. The smallest absolute Gasteiger partial charge is 0.284 e. The van der Waals surface area contributed by atoms with Gasteiger partial charge in [0.25, 0.3) is 10.0 Å². The van der Waals surface area contributed by atoms with E-state index in [9.17, 15) is 8.42 Å². The number of amidine groups is 1. The van der Waals surface area contributed by atoms with Crippen molar-refractivity contribution in [3.63, 3.8) is 0 Å². The van der Waals surface area contributed by atoms with Crippen LogP contribution in [-0.2, 0) is 16.4 Å². The van der Waals surface area contributed by atoms with E-state index in [0.717, 1.165) is 17.7 Å². The lowest BCUT2D eigenvalue weighted by atomic mass is 10.1. The van der Waals surface area contributed by atoms with E-state index >= 15 is 0 Å². The highest BCUT2D eigenvalue weighted by Gasteiger charge is 2.31. The molecule has 30 heavy (non-hydrogen) atoms. The molecule has 1 aliphatic heterocycles. The maximum absolute atomic E-state index is 13.2. The van der Waals surface area contributed by atoms with Crippen molar-refractivity contribution >= 4 is 21.5 Å². The number of anilines is 1. The van der Waals surface area contributed by atoms with Crippen LogP contribution in [0, 0.1) is 0 Å². The van der Waals surface area contributed by atoms with E-state index in [1.54, 1.807) is 12.1 Å². The van der Waals surface area contributed by atoms with Gasteiger partial charge in [-0.15, -0.1) is 4.40 Å². The topological polar surface area (TPSA) is 59.0 Å². The predicted molar refractivity (Wildman–Crippen MR) is 120 cm³/mol. The van der Waals surface area contributed by atoms with Gasteiger partial charge in [-0.25, -0.2) is 0 Å². The first-order valence-corrected chi connectivity index (χ1v) is 11.4. The molecule has 0 radical (unpaired) electrons. The third-order valence-corrected chi connectivity index (χ3v) is 6.39. The Kier molecular flexibility index (Phi) is 5.59. The third-order valence-electron chi connectivity index (χ3n) is 5.11. The van der Waals surface area contributed by atoms with Crippen LogP contribution in [0.15, 0.2) is 88.2 Å². The molecule has 3 aromatic carbocycles. The van der Waals surface area contributed by atoms with E-state index in [1.807, 2.05) is 60.4 Å². The molecule has 0 unspecified atom stereocenters. The van der Waals surface area contributed by atoms with Crippen LogP contribution in [0.3, 0.4) is 0 Å². The number of sulfonamides is 1. The fraction of sp³-hybridized carbons (Fsp3) is 0.208. The van der Waals surface area contributed by atoms with Crippen LogP contribution < -0.4 is 9.64 Å². The first kappa shape index (κ1) is 20.2. The summed E-state index contributed by atoms with van der Waals surface area (Å²) in [6.45, 7) is 4.49. The second-order valence-corrected chi connectivity index (χ2v) is 8.82. The molecule has 5 nitrogen and oxygen atoms in total. The van der Waals surface area contributed by atoms with Gasteiger partial charge >= 0.3 is 0 Å². The predicted octanol–water partition coefficient (Wildman–Crippen LogP) is 4.67. The maximum Gasteiger partial charge on any atom is 0.284 e. The summed E-state index contributed by atoms with van der Waals surface area (Å²) in [6, 6.07) is 24.0. The molecule has 1 heterocycles. The Morgan fingerprint density at radius 2 is 1.67 bits per heavy atom. The van der Waals surface area contributed by atoms with Gasteiger partial charge in [-0.2, -0.15) is 8.42 Å². The molecule has 0 aromatic heterocycles. The van der Waals surface area contributed by atoms with E-state index in [0.29, 0.717) is 18.2 Å². The maximum atomic E-state index is 13.2. The molecular weight excluding hydrogens is 396 g/mol. The quantitative estimate of drug-likeness (QED) is 0.444. The highest BCUT2D eigenvalue weighted by Crippen LogP contribution is 2.34. The summed E-state index contributed by atoms with van der Waals surface area (Å²) in [5.41, 5.74) is 2.94. The number of para-hydroxylation sites is 1. The molecule has 0 N–H and O–H groups in total. The standard InChI is InChI=1S/C24H24N2O3S/c1-3-29-21-13-15-22(16-14-21)30(27,28)25-24(19-9-5-4-6-10-19)26-18(2)17-20-11-7-8-12-23(20)26/h4-16,18H,3,17H2,1-2H3/t18-/m1/s1. The molecule has 154 valence electrons. The SMILES string of the molecule is CCOc1ccc(S(=O)(=O)N=C(c2ccccc2)N2c3ccccc3C[C@H]2C)cc1. The second kappa shape index (κ2) is 8.32. The van der Waals surface area contributed by atoms with Crippen LogP contribution >= 0.6 is 0 Å². The number of nitrogens with zero attached hydrogens (tertiary/aromatic N) is 2. The number of hydrogen-bond donors (Lipinski definition) is 0. The zero-order valence-electron chi connectivity index (χ0n) is 17.0.